The molecular weight excluding hydrogens is 169 g/mol. The van der Waals surface area contributed by atoms with Gasteiger partial charge in [0.1, 0.15) is 6.67 Å². The minimum absolute atomic E-state index is 0.507. The van der Waals surface area contributed by atoms with Crippen molar-refractivity contribution in [3.63, 3.8) is 0 Å². The Morgan fingerprint density at radius 3 is 3.00 bits per heavy atom. The van der Waals surface area contributed by atoms with E-state index in [0.717, 1.165) is 19.0 Å². The summed E-state index contributed by atoms with van der Waals surface area (Å²) in [5, 5.41) is 9.15. The predicted molar refractivity (Wildman–Crippen MR) is 51.4 cm³/mol. The van der Waals surface area contributed by atoms with Crippen LogP contribution >= 0.6 is 0 Å². The molecular formula is C10H20FNO. The van der Waals surface area contributed by atoms with Crippen LogP contribution in [0.1, 0.15) is 26.2 Å². The molecule has 2 unspecified atom stereocenters. The number of β-amino-alcohol motifs (C(OH)–C–C–N with tert-alkyl or cyclic N) is 1. The number of hydrogen-bond donors (Lipinski definition) is 1. The normalized spacial score (nSPS) is 27.5. The number of aliphatic hydroxyl groups excluding tert-OH is 1. The lowest BCUT2D eigenvalue weighted by atomic mass is 9.95. The van der Waals surface area contributed by atoms with Crippen LogP contribution in [0.5, 0.6) is 0 Å². The number of rotatable bonds is 4. The van der Waals surface area contributed by atoms with Crippen molar-refractivity contribution in [3.05, 3.63) is 0 Å². The van der Waals surface area contributed by atoms with E-state index < -0.39 is 12.8 Å². The Hall–Kier alpha value is -0.150. The van der Waals surface area contributed by atoms with E-state index in [1.807, 2.05) is 0 Å². The van der Waals surface area contributed by atoms with Gasteiger partial charge in [0.05, 0.1) is 6.10 Å². The van der Waals surface area contributed by atoms with Gasteiger partial charge in [0.25, 0.3) is 0 Å². The molecule has 1 aliphatic heterocycles. The number of likely N-dealkylation sites (tertiary alicyclic amines) is 1. The quantitative estimate of drug-likeness (QED) is 0.723. The molecule has 1 heterocycles. The smallest absolute Gasteiger partial charge is 0.117 e. The Morgan fingerprint density at radius 2 is 2.38 bits per heavy atom. The number of aliphatic hydroxyl groups is 1. The number of piperidine rings is 1. The van der Waals surface area contributed by atoms with Crippen LogP contribution in [0.25, 0.3) is 0 Å². The Bertz CT molecular complexity index is 141. The molecule has 1 aliphatic rings. The molecule has 0 aromatic carbocycles. The van der Waals surface area contributed by atoms with Crippen LogP contribution in [0.4, 0.5) is 4.39 Å². The van der Waals surface area contributed by atoms with E-state index in [9.17, 15) is 4.39 Å². The fraction of sp³-hybridized carbons (Fsp3) is 1.00. The summed E-state index contributed by atoms with van der Waals surface area (Å²) in [6.45, 7) is 4.14. The third kappa shape index (κ3) is 3.61. The molecule has 0 aromatic rings. The summed E-state index contributed by atoms with van der Waals surface area (Å²) in [6.07, 6.45) is 2.90. The van der Waals surface area contributed by atoms with E-state index in [4.69, 9.17) is 5.11 Å². The van der Waals surface area contributed by atoms with Gasteiger partial charge in [-0.05, 0) is 25.3 Å². The first kappa shape index (κ1) is 10.9. The summed E-state index contributed by atoms with van der Waals surface area (Å²) in [6, 6.07) is 0. The van der Waals surface area contributed by atoms with E-state index in [1.165, 1.54) is 19.3 Å². The van der Waals surface area contributed by atoms with E-state index >= 15 is 0 Å². The molecule has 0 spiro atoms. The maximum absolute atomic E-state index is 12.0. The van der Waals surface area contributed by atoms with Crippen LogP contribution < -0.4 is 0 Å². The first-order valence-electron chi connectivity index (χ1n) is 5.22. The number of alkyl halides is 1. The van der Waals surface area contributed by atoms with Gasteiger partial charge in [0.2, 0.25) is 0 Å². The van der Waals surface area contributed by atoms with Gasteiger partial charge in [-0.15, -0.1) is 0 Å². The van der Waals surface area contributed by atoms with Gasteiger partial charge in [-0.2, -0.15) is 0 Å². The molecule has 1 N–H and O–H groups in total. The number of halogens is 1. The average molecular weight is 189 g/mol. The highest BCUT2D eigenvalue weighted by molar-refractivity contribution is 4.73. The molecule has 0 amide bonds. The largest absolute Gasteiger partial charge is 0.389 e. The second-order valence-electron chi connectivity index (χ2n) is 3.98. The molecule has 0 bridgehead atoms. The van der Waals surface area contributed by atoms with Gasteiger partial charge in [0, 0.05) is 13.1 Å². The van der Waals surface area contributed by atoms with Crippen LogP contribution in [0.2, 0.25) is 0 Å². The molecule has 2 atom stereocenters. The lowest BCUT2D eigenvalue weighted by Gasteiger charge is -2.32. The van der Waals surface area contributed by atoms with Gasteiger partial charge < -0.3 is 10.0 Å². The van der Waals surface area contributed by atoms with Crippen molar-refractivity contribution >= 4 is 0 Å². The molecule has 78 valence electrons. The summed E-state index contributed by atoms with van der Waals surface area (Å²) in [5.41, 5.74) is 0. The first-order chi connectivity index (χ1) is 6.26. The molecule has 2 nitrogen and oxygen atoms in total. The van der Waals surface area contributed by atoms with Crippen LogP contribution in [-0.2, 0) is 0 Å². The van der Waals surface area contributed by atoms with Crippen molar-refractivity contribution in [1.82, 2.24) is 4.90 Å². The van der Waals surface area contributed by atoms with Crippen LogP contribution in [0, 0.1) is 5.92 Å². The topological polar surface area (TPSA) is 23.5 Å². The summed E-state index contributed by atoms with van der Waals surface area (Å²) in [4.78, 5) is 2.18. The maximum Gasteiger partial charge on any atom is 0.117 e. The zero-order valence-corrected chi connectivity index (χ0v) is 8.38. The minimum Gasteiger partial charge on any atom is -0.389 e. The zero-order chi connectivity index (χ0) is 9.68. The van der Waals surface area contributed by atoms with Gasteiger partial charge >= 0.3 is 0 Å². The number of nitrogens with zero attached hydrogens (tertiary/aromatic N) is 1. The fourth-order valence-electron chi connectivity index (χ4n) is 2.00. The fourth-order valence-corrected chi connectivity index (χ4v) is 2.00. The van der Waals surface area contributed by atoms with Crippen molar-refractivity contribution in [1.29, 1.82) is 0 Å². The van der Waals surface area contributed by atoms with Gasteiger partial charge in [-0.1, -0.05) is 13.3 Å². The zero-order valence-electron chi connectivity index (χ0n) is 8.38. The summed E-state index contributed by atoms with van der Waals surface area (Å²) < 4.78 is 12.0. The SMILES string of the molecule is CCC1CCCN(CC(O)CF)C1. The lowest BCUT2D eigenvalue weighted by Crippen LogP contribution is -2.40. The highest BCUT2D eigenvalue weighted by atomic mass is 19.1. The second-order valence-corrected chi connectivity index (χ2v) is 3.98. The highest BCUT2D eigenvalue weighted by Gasteiger charge is 2.20. The van der Waals surface area contributed by atoms with Crippen LogP contribution in [-0.4, -0.2) is 42.4 Å². The molecule has 0 aliphatic carbocycles. The van der Waals surface area contributed by atoms with Crippen LogP contribution in [0.3, 0.4) is 0 Å². The lowest BCUT2D eigenvalue weighted by molar-refractivity contribution is 0.0676. The Balaban J connectivity index is 2.25. The minimum atomic E-state index is -0.782. The highest BCUT2D eigenvalue weighted by Crippen LogP contribution is 2.18. The molecule has 1 rings (SSSR count). The van der Waals surface area contributed by atoms with E-state index in [0.29, 0.717) is 6.54 Å². The molecule has 0 aromatic heterocycles. The molecule has 1 saturated heterocycles. The molecule has 0 radical (unpaired) electrons. The van der Waals surface area contributed by atoms with E-state index in [-0.39, 0.29) is 0 Å². The second kappa shape index (κ2) is 5.55. The molecule has 1 fully saturated rings. The van der Waals surface area contributed by atoms with Crippen LogP contribution in [0.15, 0.2) is 0 Å². The van der Waals surface area contributed by atoms with Crippen molar-refractivity contribution in [2.24, 2.45) is 5.92 Å². The van der Waals surface area contributed by atoms with Gasteiger partial charge in [-0.25, -0.2) is 4.39 Å². The summed E-state index contributed by atoms with van der Waals surface area (Å²) in [7, 11) is 0. The standard InChI is InChI=1S/C10H20FNO/c1-2-9-4-3-5-12(7-9)8-10(13)6-11/h9-10,13H,2-8H2,1H3. The first-order valence-corrected chi connectivity index (χ1v) is 5.22. The molecule has 13 heavy (non-hydrogen) atoms. The monoisotopic (exact) mass is 189 g/mol. The van der Waals surface area contributed by atoms with Crippen molar-refractivity contribution in [2.45, 2.75) is 32.3 Å². The molecule has 3 heteroatoms. The van der Waals surface area contributed by atoms with Gasteiger partial charge in [-0.3, -0.25) is 0 Å². The predicted octanol–water partition coefficient (Wildman–Crippen LogP) is 1.44. The van der Waals surface area contributed by atoms with Crippen molar-refractivity contribution < 1.29 is 9.50 Å². The van der Waals surface area contributed by atoms with Crippen molar-refractivity contribution in [3.8, 4) is 0 Å². The Labute approximate surface area is 79.7 Å². The maximum atomic E-state index is 12.0. The Kier molecular flexibility index (Phi) is 4.67. The van der Waals surface area contributed by atoms with E-state index in [2.05, 4.69) is 11.8 Å². The summed E-state index contributed by atoms with van der Waals surface area (Å²) >= 11 is 0. The molecule has 0 saturated carbocycles. The van der Waals surface area contributed by atoms with Gasteiger partial charge in [0.15, 0.2) is 0 Å². The third-order valence-electron chi connectivity index (χ3n) is 2.83. The Morgan fingerprint density at radius 1 is 1.62 bits per heavy atom. The average Bonchev–Trinajstić information content (AvgIpc) is 2.18. The van der Waals surface area contributed by atoms with E-state index in [1.54, 1.807) is 0 Å². The summed E-state index contributed by atoms with van der Waals surface area (Å²) in [5.74, 6) is 0.751. The van der Waals surface area contributed by atoms with Crippen molar-refractivity contribution in [2.75, 3.05) is 26.3 Å². The third-order valence-corrected chi connectivity index (χ3v) is 2.83. The number of hydrogen-bond acceptors (Lipinski definition) is 2.